The van der Waals surface area contributed by atoms with E-state index >= 15 is 0 Å². The Balaban J connectivity index is 1.08. The molecule has 2 fully saturated rings. The molecule has 3 heterocycles. The van der Waals surface area contributed by atoms with Crippen molar-refractivity contribution >= 4 is 23.6 Å². The number of hydrogen-bond acceptors (Lipinski definition) is 7. The lowest BCUT2D eigenvalue weighted by Crippen LogP contribution is -2.55. The van der Waals surface area contributed by atoms with Crippen molar-refractivity contribution in [3.05, 3.63) is 87.3 Å². The van der Waals surface area contributed by atoms with Gasteiger partial charge in [0.15, 0.2) is 5.16 Å². The summed E-state index contributed by atoms with van der Waals surface area (Å²) in [4.78, 5) is 48.3. The molecule has 1 aliphatic carbocycles. The van der Waals surface area contributed by atoms with E-state index in [1.54, 1.807) is 16.3 Å². The minimum Gasteiger partial charge on any atom is -0.466 e. The van der Waals surface area contributed by atoms with Crippen LogP contribution in [0, 0.1) is 5.92 Å². The summed E-state index contributed by atoms with van der Waals surface area (Å²) < 4.78 is 6.78. The van der Waals surface area contributed by atoms with Gasteiger partial charge in [-0.2, -0.15) is 0 Å². The fourth-order valence-electron chi connectivity index (χ4n) is 6.34. The van der Waals surface area contributed by atoms with Gasteiger partial charge in [0.1, 0.15) is 0 Å². The van der Waals surface area contributed by atoms with Crippen molar-refractivity contribution < 1.29 is 14.3 Å². The highest BCUT2D eigenvalue weighted by Crippen LogP contribution is 2.35. The summed E-state index contributed by atoms with van der Waals surface area (Å²) in [5.74, 6) is -0.0838. The van der Waals surface area contributed by atoms with E-state index in [0.29, 0.717) is 49.8 Å². The molecule has 226 valence electrons. The molecule has 6 rings (SSSR count). The Hall–Kier alpha value is -3.43. The lowest BCUT2D eigenvalue weighted by molar-refractivity contribution is -0.143. The molecular weight excluding hydrogens is 560 g/mol. The zero-order chi connectivity index (χ0) is 29.8. The molecule has 0 spiro atoms. The first-order valence-corrected chi connectivity index (χ1v) is 16.5. The minimum atomic E-state index is -0.166. The summed E-state index contributed by atoms with van der Waals surface area (Å²) in [6.45, 7) is 5.38. The van der Waals surface area contributed by atoms with Gasteiger partial charge in [0.05, 0.1) is 36.0 Å². The number of fused-ring (bicyclic) bond motifs is 1. The van der Waals surface area contributed by atoms with E-state index in [2.05, 4.69) is 29.2 Å². The molecule has 8 nitrogen and oxygen atoms in total. The first-order chi connectivity index (χ1) is 21.0. The zero-order valence-electron chi connectivity index (χ0n) is 24.9. The summed E-state index contributed by atoms with van der Waals surface area (Å²) in [6.07, 6.45) is 6.47. The van der Waals surface area contributed by atoms with Gasteiger partial charge in [-0.1, -0.05) is 67.1 Å². The third kappa shape index (κ3) is 6.88. The normalized spacial score (nSPS) is 17.5. The van der Waals surface area contributed by atoms with Crippen LogP contribution in [-0.2, 0) is 40.3 Å². The average molecular weight is 601 g/mol. The van der Waals surface area contributed by atoms with Crippen LogP contribution < -0.4 is 5.56 Å². The number of amides is 1. The van der Waals surface area contributed by atoms with Crippen LogP contribution in [0.4, 0.5) is 0 Å². The maximum Gasteiger partial charge on any atom is 0.306 e. The largest absolute Gasteiger partial charge is 0.466 e. The number of aryl methyl sites for hydroxylation is 1. The van der Waals surface area contributed by atoms with Crippen LogP contribution in [0.3, 0.4) is 0 Å². The van der Waals surface area contributed by atoms with Crippen molar-refractivity contribution in [1.82, 2.24) is 19.4 Å². The number of benzene rings is 2. The molecular formula is C34H40N4O4S. The Morgan fingerprint density at radius 1 is 1.00 bits per heavy atom. The number of likely N-dealkylation sites (tertiary alicyclic amines) is 1. The second kappa shape index (κ2) is 13.5. The Labute approximate surface area is 257 Å². The zero-order valence-corrected chi connectivity index (χ0v) is 25.7. The van der Waals surface area contributed by atoms with Gasteiger partial charge in [-0.15, -0.1) is 0 Å². The van der Waals surface area contributed by atoms with Gasteiger partial charge in [0, 0.05) is 44.3 Å². The summed E-state index contributed by atoms with van der Waals surface area (Å²) in [5.41, 5.74) is 4.59. The van der Waals surface area contributed by atoms with Crippen molar-refractivity contribution in [3.63, 3.8) is 0 Å². The van der Waals surface area contributed by atoms with E-state index in [1.807, 2.05) is 42.2 Å². The fraction of sp³-hybridized carbons (Fsp3) is 0.471. The smallest absolute Gasteiger partial charge is 0.306 e. The topological polar surface area (TPSA) is 84.7 Å². The lowest BCUT2D eigenvalue weighted by Gasteiger charge is -2.41. The number of ether oxygens (including phenoxy) is 1. The Bertz CT molecular complexity index is 1500. The summed E-state index contributed by atoms with van der Waals surface area (Å²) in [7, 11) is 0. The second-order valence-electron chi connectivity index (χ2n) is 11.8. The van der Waals surface area contributed by atoms with Gasteiger partial charge in [-0.05, 0) is 49.4 Å². The highest BCUT2D eigenvalue weighted by molar-refractivity contribution is 7.99. The molecule has 1 amide bonds. The van der Waals surface area contributed by atoms with Crippen molar-refractivity contribution in [2.24, 2.45) is 5.92 Å². The van der Waals surface area contributed by atoms with Crippen LogP contribution >= 0.6 is 11.8 Å². The van der Waals surface area contributed by atoms with Crippen molar-refractivity contribution in [1.29, 1.82) is 0 Å². The number of carbonyl (C=O) groups is 2. The van der Waals surface area contributed by atoms with E-state index in [0.717, 1.165) is 54.6 Å². The van der Waals surface area contributed by atoms with E-state index < -0.39 is 0 Å². The third-order valence-electron chi connectivity index (χ3n) is 8.76. The van der Waals surface area contributed by atoms with E-state index in [9.17, 15) is 14.4 Å². The molecule has 1 aromatic heterocycles. The van der Waals surface area contributed by atoms with Crippen molar-refractivity contribution in [2.45, 2.75) is 75.4 Å². The standard InChI is InChI=1S/C34H40N4O4S/c1-2-42-31(39)17-16-24-12-14-25(15-13-24)20-36-21-26(22-36)32(40)37-19-18-30-29(23-37)33(41)38(27-8-4-3-5-9-27)34(35-30)43-28-10-6-7-11-28/h3-5,8-9,12-15,26,28H,2,6-7,10-11,16-23H2,1H3. The number of nitrogens with zero attached hydrogens (tertiary/aromatic N) is 4. The molecule has 1 saturated carbocycles. The first kappa shape index (κ1) is 29.6. The van der Waals surface area contributed by atoms with Crippen LogP contribution in [0.25, 0.3) is 5.69 Å². The maximum absolute atomic E-state index is 14.0. The molecule has 0 radical (unpaired) electrons. The van der Waals surface area contributed by atoms with Gasteiger partial charge in [0.25, 0.3) is 5.56 Å². The fourth-order valence-corrected chi connectivity index (χ4v) is 7.67. The molecule has 3 aromatic rings. The molecule has 3 aliphatic rings. The molecule has 43 heavy (non-hydrogen) atoms. The number of para-hydroxylation sites is 1. The van der Waals surface area contributed by atoms with Crippen molar-refractivity contribution in [2.75, 3.05) is 26.2 Å². The third-order valence-corrected chi connectivity index (χ3v) is 10.0. The number of rotatable bonds is 10. The Morgan fingerprint density at radius 3 is 2.44 bits per heavy atom. The Morgan fingerprint density at radius 2 is 1.72 bits per heavy atom. The predicted octanol–water partition coefficient (Wildman–Crippen LogP) is 4.78. The van der Waals surface area contributed by atoms with Gasteiger partial charge < -0.3 is 9.64 Å². The maximum atomic E-state index is 14.0. The molecule has 2 aliphatic heterocycles. The minimum absolute atomic E-state index is 0.0462. The molecule has 1 saturated heterocycles. The predicted molar refractivity (Wildman–Crippen MR) is 167 cm³/mol. The Kier molecular flexibility index (Phi) is 9.28. The van der Waals surface area contributed by atoms with Gasteiger partial charge in [-0.25, -0.2) is 4.98 Å². The van der Waals surface area contributed by atoms with Crippen LogP contribution in [0.1, 0.15) is 61.4 Å². The van der Waals surface area contributed by atoms with Crippen LogP contribution in [0.15, 0.2) is 64.5 Å². The molecule has 0 N–H and O–H groups in total. The molecule has 0 atom stereocenters. The van der Waals surface area contributed by atoms with Gasteiger partial charge in [0.2, 0.25) is 5.91 Å². The monoisotopic (exact) mass is 600 g/mol. The first-order valence-electron chi connectivity index (χ1n) is 15.6. The molecule has 0 bridgehead atoms. The summed E-state index contributed by atoms with van der Waals surface area (Å²) in [6, 6.07) is 18.1. The average Bonchev–Trinajstić information content (AvgIpc) is 3.52. The van der Waals surface area contributed by atoms with E-state index in [1.165, 1.54) is 18.4 Å². The summed E-state index contributed by atoms with van der Waals surface area (Å²) >= 11 is 1.74. The van der Waals surface area contributed by atoms with Crippen molar-refractivity contribution in [3.8, 4) is 5.69 Å². The number of carbonyl (C=O) groups excluding carboxylic acids is 2. The van der Waals surface area contributed by atoms with Gasteiger partial charge in [-0.3, -0.25) is 23.9 Å². The SMILES string of the molecule is CCOC(=O)CCc1ccc(CN2CC(C(=O)N3CCc4nc(SC5CCCC5)n(-c5ccccc5)c(=O)c4C3)C2)cc1. The van der Waals surface area contributed by atoms with E-state index in [-0.39, 0.29) is 23.4 Å². The van der Waals surface area contributed by atoms with Crippen LogP contribution in [0.2, 0.25) is 0 Å². The molecule has 2 aromatic carbocycles. The molecule has 9 heteroatoms. The number of thioether (sulfide) groups is 1. The molecule has 0 unspecified atom stereocenters. The van der Waals surface area contributed by atoms with Gasteiger partial charge >= 0.3 is 5.97 Å². The number of esters is 1. The van der Waals surface area contributed by atoms with E-state index in [4.69, 9.17) is 9.72 Å². The second-order valence-corrected chi connectivity index (χ2v) is 13.1. The number of aromatic nitrogens is 2. The van der Waals surface area contributed by atoms with Crippen LogP contribution in [-0.4, -0.2) is 62.7 Å². The quantitative estimate of drug-likeness (QED) is 0.245. The highest BCUT2D eigenvalue weighted by atomic mass is 32.2. The highest BCUT2D eigenvalue weighted by Gasteiger charge is 2.37. The lowest BCUT2D eigenvalue weighted by atomic mass is 9.95. The number of hydrogen-bond donors (Lipinski definition) is 0. The van der Waals surface area contributed by atoms with Crippen LogP contribution in [0.5, 0.6) is 0 Å². The summed E-state index contributed by atoms with van der Waals surface area (Å²) in [5, 5.41) is 1.28.